The summed E-state index contributed by atoms with van der Waals surface area (Å²) in [7, 11) is 3.03. The molecule has 4 aromatic rings. The minimum absolute atomic E-state index is 0.286. The molecule has 1 aliphatic rings. The predicted molar refractivity (Wildman–Crippen MR) is 134 cm³/mol. The Bertz CT molecular complexity index is 1490. The van der Waals surface area contributed by atoms with Gasteiger partial charge in [-0.25, -0.2) is 9.59 Å². The van der Waals surface area contributed by atoms with Gasteiger partial charge in [-0.05, 0) is 68.1 Å². The Hall–Kier alpha value is -4.00. The van der Waals surface area contributed by atoms with Crippen LogP contribution in [0.4, 0.5) is 0 Å². The van der Waals surface area contributed by atoms with E-state index in [-0.39, 0.29) is 12.6 Å². The molecule has 1 aliphatic heterocycles. The van der Waals surface area contributed by atoms with Crippen molar-refractivity contribution in [3.8, 4) is 28.1 Å². The first-order valence-electron chi connectivity index (χ1n) is 11.7. The summed E-state index contributed by atoms with van der Waals surface area (Å²) >= 11 is 0. The fraction of sp³-hybridized carbons (Fsp3) is 0.286. The minimum atomic E-state index is -0.423. The summed E-state index contributed by atoms with van der Waals surface area (Å²) in [5.41, 5.74) is 8.54. The van der Waals surface area contributed by atoms with E-state index in [1.807, 2.05) is 39.0 Å². The van der Waals surface area contributed by atoms with Crippen molar-refractivity contribution in [2.75, 3.05) is 20.8 Å². The van der Waals surface area contributed by atoms with Crippen molar-refractivity contribution in [3.63, 3.8) is 0 Å². The van der Waals surface area contributed by atoms with Gasteiger partial charge in [0.15, 0.2) is 0 Å². The number of nitrogens with one attached hydrogen (secondary N) is 1. The second-order valence-corrected chi connectivity index (χ2v) is 8.76. The van der Waals surface area contributed by atoms with Gasteiger partial charge in [0.25, 0.3) is 0 Å². The molecule has 7 heteroatoms. The molecular weight excluding hydrogens is 444 g/mol. The number of carbonyl (C=O) groups excluding carboxylic acids is 2. The molecule has 0 amide bonds. The largest absolute Gasteiger partial charge is 0.496 e. The highest BCUT2D eigenvalue weighted by Gasteiger charge is 2.32. The van der Waals surface area contributed by atoms with Gasteiger partial charge in [-0.3, -0.25) is 0 Å². The second kappa shape index (κ2) is 8.65. The number of esters is 2. The normalized spacial score (nSPS) is 12.3. The number of aromatic nitrogens is 2. The summed E-state index contributed by atoms with van der Waals surface area (Å²) in [4.78, 5) is 28.5. The lowest BCUT2D eigenvalue weighted by Gasteiger charge is -2.23. The van der Waals surface area contributed by atoms with E-state index in [0.29, 0.717) is 11.3 Å². The third-order valence-electron chi connectivity index (χ3n) is 6.80. The summed E-state index contributed by atoms with van der Waals surface area (Å²) in [6.07, 6.45) is 0.842. The average molecular weight is 473 g/mol. The summed E-state index contributed by atoms with van der Waals surface area (Å²) in [6.45, 7) is 6.91. The van der Waals surface area contributed by atoms with E-state index in [9.17, 15) is 9.59 Å². The minimum Gasteiger partial charge on any atom is -0.496 e. The molecule has 2 aromatic heterocycles. The fourth-order valence-electron chi connectivity index (χ4n) is 5.16. The first-order chi connectivity index (χ1) is 16.9. The Morgan fingerprint density at radius 2 is 1.86 bits per heavy atom. The highest BCUT2D eigenvalue weighted by molar-refractivity contribution is 6.06. The van der Waals surface area contributed by atoms with E-state index in [1.54, 1.807) is 13.2 Å². The van der Waals surface area contributed by atoms with Crippen molar-refractivity contribution in [3.05, 3.63) is 64.5 Å². The fourth-order valence-corrected chi connectivity index (χ4v) is 5.16. The predicted octanol–water partition coefficient (Wildman–Crippen LogP) is 5.45. The zero-order valence-corrected chi connectivity index (χ0v) is 20.6. The molecule has 0 aliphatic carbocycles. The van der Waals surface area contributed by atoms with Crippen LogP contribution in [-0.2, 0) is 22.4 Å². The van der Waals surface area contributed by atoms with Crippen LogP contribution in [0.25, 0.3) is 33.3 Å². The van der Waals surface area contributed by atoms with Crippen LogP contribution in [0.5, 0.6) is 5.75 Å². The molecule has 35 heavy (non-hydrogen) atoms. The maximum Gasteiger partial charge on any atom is 0.354 e. The molecule has 0 saturated heterocycles. The highest BCUT2D eigenvalue weighted by atomic mass is 16.5. The lowest BCUT2D eigenvalue weighted by Crippen LogP contribution is -2.15. The molecule has 0 saturated carbocycles. The van der Waals surface area contributed by atoms with Crippen molar-refractivity contribution in [2.24, 2.45) is 0 Å². The number of aromatic amines is 1. The molecule has 5 rings (SSSR count). The van der Waals surface area contributed by atoms with Gasteiger partial charge in [-0.2, -0.15) is 0 Å². The number of hydrogen-bond acceptors (Lipinski definition) is 5. The van der Waals surface area contributed by atoms with Gasteiger partial charge in [-0.1, -0.05) is 12.1 Å². The number of hydrogen-bond donors (Lipinski definition) is 1. The van der Waals surface area contributed by atoms with Crippen molar-refractivity contribution in [1.29, 1.82) is 0 Å². The van der Waals surface area contributed by atoms with Crippen LogP contribution in [0.3, 0.4) is 0 Å². The summed E-state index contributed by atoms with van der Waals surface area (Å²) in [5, 5.41) is 0.890. The van der Waals surface area contributed by atoms with E-state index < -0.39 is 5.97 Å². The number of carbonyl (C=O) groups is 2. The van der Waals surface area contributed by atoms with Gasteiger partial charge < -0.3 is 23.8 Å². The molecule has 0 unspecified atom stereocenters. The topological polar surface area (TPSA) is 82.6 Å². The van der Waals surface area contributed by atoms with E-state index in [1.165, 1.54) is 7.11 Å². The quantitative estimate of drug-likeness (QED) is 0.391. The van der Waals surface area contributed by atoms with E-state index >= 15 is 0 Å². The van der Waals surface area contributed by atoms with Crippen molar-refractivity contribution in [1.82, 2.24) is 9.55 Å². The Balaban J connectivity index is 1.76. The number of methoxy groups -OCH3 is 2. The average Bonchev–Trinajstić information content (AvgIpc) is 3.41. The number of benzene rings is 2. The highest BCUT2D eigenvalue weighted by Crippen LogP contribution is 2.44. The molecule has 180 valence electrons. The number of fused-ring (bicyclic) bond motifs is 4. The van der Waals surface area contributed by atoms with Crippen LogP contribution >= 0.6 is 0 Å². The van der Waals surface area contributed by atoms with E-state index in [4.69, 9.17) is 14.2 Å². The van der Waals surface area contributed by atoms with Gasteiger partial charge in [0.2, 0.25) is 0 Å². The molecule has 0 atom stereocenters. The summed E-state index contributed by atoms with van der Waals surface area (Å²) < 4.78 is 18.2. The first-order valence-corrected chi connectivity index (χ1v) is 11.7. The molecule has 3 heterocycles. The number of nitrogens with zero attached hydrogens (tertiary/aromatic N) is 1. The summed E-state index contributed by atoms with van der Waals surface area (Å²) in [6, 6.07) is 11.8. The van der Waals surface area contributed by atoms with E-state index in [0.717, 1.165) is 68.8 Å². The molecule has 0 fully saturated rings. The maximum absolute atomic E-state index is 13.4. The Kier molecular flexibility index (Phi) is 5.63. The zero-order chi connectivity index (χ0) is 24.9. The lowest BCUT2D eigenvalue weighted by molar-refractivity contribution is 0.0527. The first kappa shape index (κ1) is 22.8. The second-order valence-electron chi connectivity index (χ2n) is 8.76. The van der Waals surface area contributed by atoms with Crippen LogP contribution in [0.2, 0.25) is 0 Å². The third kappa shape index (κ3) is 3.58. The molecule has 2 aromatic carbocycles. The van der Waals surface area contributed by atoms with Crippen molar-refractivity contribution < 1.29 is 23.8 Å². The molecular formula is C28H28N2O5. The molecule has 0 bridgehead atoms. The Morgan fingerprint density at radius 3 is 2.57 bits per heavy atom. The van der Waals surface area contributed by atoms with Crippen molar-refractivity contribution in [2.45, 2.75) is 33.7 Å². The number of H-pyrrole nitrogens is 1. The number of rotatable bonds is 5. The van der Waals surface area contributed by atoms with Gasteiger partial charge in [-0.15, -0.1) is 0 Å². The summed E-state index contributed by atoms with van der Waals surface area (Å²) in [5.74, 6) is 0.0763. The maximum atomic E-state index is 13.4. The lowest BCUT2D eigenvalue weighted by atomic mass is 9.92. The van der Waals surface area contributed by atoms with Crippen LogP contribution in [0, 0.1) is 13.8 Å². The molecule has 7 nitrogen and oxygen atoms in total. The van der Waals surface area contributed by atoms with Gasteiger partial charge >= 0.3 is 11.9 Å². The smallest absolute Gasteiger partial charge is 0.354 e. The van der Waals surface area contributed by atoms with Gasteiger partial charge in [0.1, 0.15) is 11.4 Å². The SMILES string of the molecule is CCOC(=O)c1c(-c2ccc3cc(C(=O)OC)[nH]c3c2)c(C)n2c1-c1cc(C)c(OC)cc1CC2. The van der Waals surface area contributed by atoms with Crippen LogP contribution in [-0.4, -0.2) is 42.3 Å². The van der Waals surface area contributed by atoms with Crippen LogP contribution in [0.15, 0.2) is 36.4 Å². The molecule has 0 radical (unpaired) electrons. The standard InChI is InChI=1S/C28H28N2O5/c1-6-35-28(32)25-24(19-8-7-18-12-22(27(31)34-5)29-21(18)13-19)16(3)30-10-9-17-14-23(33-4)15(2)11-20(17)26(25)30/h7-8,11-14,29H,6,9-10H2,1-5H3. The molecule has 0 spiro atoms. The third-order valence-corrected chi connectivity index (χ3v) is 6.80. The monoisotopic (exact) mass is 472 g/mol. The van der Waals surface area contributed by atoms with E-state index in [2.05, 4.69) is 21.7 Å². The van der Waals surface area contributed by atoms with Crippen LogP contribution in [0.1, 0.15) is 44.6 Å². The number of aryl methyl sites for hydroxylation is 2. The molecule has 1 N–H and O–H groups in total. The van der Waals surface area contributed by atoms with Crippen LogP contribution < -0.4 is 4.74 Å². The van der Waals surface area contributed by atoms with Gasteiger partial charge in [0.05, 0.1) is 32.1 Å². The Labute approximate surface area is 203 Å². The van der Waals surface area contributed by atoms with Crippen molar-refractivity contribution >= 4 is 22.8 Å². The van der Waals surface area contributed by atoms with Gasteiger partial charge in [0, 0.05) is 34.3 Å². The Morgan fingerprint density at radius 1 is 1.06 bits per heavy atom. The number of ether oxygens (including phenoxy) is 3. The zero-order valence-electron chi connectivity index (χ0n) is 20.6.